The van der Waals surface area contributed by atoms with Crippen molar-refractivity contribution in [2.45, 2.75) is 26.0 Å². The number of anilines is 1. The Bertz CT molecular complexity index is 1320. The van der Waals surface area contributed by atoms with Crippen LogP contribution >= 0.6 is 7.82 Å². The second-order valence-electron chi connectivity index (χ2n) is 7.65. The number of aromatic nitrogens is 3. The summed E-state index contributed by atoms with van der Waals surface area (Å²) >= 11 is 0. The van der Waals surface area contributed by atoms with E-state index in [2.05, 4.69) is 14.7 Å². The molecule has 0 amide bonds. The minimum absolute atomic E-state index is 0.218. The summed E-state index contributed by atoms with van der Waals surface area (Å²) in [5, 5.41) is 4.11. The molecule has 176 valence electrons. The molecule has 0 aliphatic heterocycles. The lowest BCUT2D eigenvalue weighted by Gasteiger charge is -2.07. The SMILES string of the molecule is Nc1c(-c2cc(Cc3ccc(CCc4cccc(F)n4)cc3)no2)ccc[n+]1COP(=O)(O)O. The molecule has 4 N–H and O–H groups in total. The fourth-order valence-electron chi connectivity index (χ4n) is 3.44. The number of hydrogen-bond acceptors (Lipinski definition) is 6. The number of pyridine rings is 2. The molecule has 3 heterocycles. The Morgan fingerprint density at radius 1 is 1.03 bits per heavy atom. The van der Waals surface area contributed by atoms with E-state index in [1.54, 1.807) is 24.3 Å². The first-order valence-corrected chi connectivity index (χ1v) is 11.9. The molecule has 0 radical (unpaired) electrons. The van der Waals surface area contributed by atoms with E-state index >= 15 is 0 Å². The van der Waals surface area contributed by atoms with Gasteiger partial charge in [-0.25, -0.2) is 18.6 Å². The summed E-state index contributed by atoms with van der Waals surface area (Å²) in [6, 6.07) is 18.0. The third-order valence-corrected chi connectivity index (χ3v) is 5.61. The van der Waals surface area contributed by atoms with Gasteiger partial charge in [0, 0.05) is 18.2 Å². The molecule has 0 atom stereocenters. The normalized spacial score (nSPS) is 11.6. The minimum Gasteiger partial charge on any atom is -0.356 e. The standard InChI is InChI=1S/C23H22FN4O5P/c24-22-5-1-3-18(26-22)11-10-16-6-8-17(9-7-16)13-19-14-21(33-27-19)20-4-2-12-28(23(20)25)15-32-34(29,30)31/h1-9,12,14,25H,10-11,13,15H2,(H2,29,30,31)/p+1. The van der Waals surface area contributed by atoms with Crippen LogP contribution in [0.2, 0.25) is 0 Å². The fourth-order valence-corrected chi connectivity index (χ4v) is 3.71. The summed E-state index contributed by atoms with van der Waals surface area (Å²) in [5.41, 5.74) is 10.2. The first-order chi connectivity index (χ1) is 16.3. The highest BCUT2D eigenvalue weighted by Gasteiger charge is 2.20. The summed E-state index contributed by atoms with van der Waals surface area (Å²) in [6.45, 7) is -0.410. The minimum atomic E-state index is -4.63. The van der Waals surface area contributed by atoms with Crippen molar-refractivity contribution in [3.05, 3.63) is 95.3 Å². The Kier molecular flexibility index (Phi) is 7.14. The number of phosphoric acid groups is 1. The number of nitrogens with zero attached hydrogens (tertiary/aromatic N) is 3. The Morgan fingerprint density at radius 3 is 2.53 bits per heavy atom. The molecule has 9 nitrogen and oxygen atoms in total. The van der Waals surface area contributed by atoms with Crippen molar-refractivity contribution in [2.24, 2.45) is 0 Å². The van der Waals surface area contributed by atoms with Crippen LogP contribution < -0.4 is 10.3 Å². The highest BCUT2D eigenvalue weighted by molar-refractivity contribution is 7.46. The molecule has 0 saturated carbocycles. The van der Waals surface area contributed by atoms with Crippen LogP contribution in [0.3, 0.4) is 0 Å². The highest BCUT2D eigenvalue weighted by Crippen LogP contribution is 2.35. The molecule has 4 aromatic rings. The van der Waals surface area contributed by atoms with E-state index in [-0.39, 0.29) is 5.82 Å². The van der Waals surface area contributed by atoms with Crippen LogP contribution in [0.4, 0.5) is 10.2 Å². The molecule has 4 rings (SSSR count). The molecule has 1 aromatic carbocycles. The molecule has 0 fully saturated rings. The van der Waals surface area contributed by atoms with Crippen LogP contribution in [0.1, 0.15) is 22.5 Å². The zero-order valence-electron chi connectivity index (χ0n) is 18.0. The summed E-state index contributed by atoms with van der Waals surface area (Å²) in [4.78, 5) is 21.7. The van der Waals surface area contributed by atoms with E-state index in [9.17, 15) is 8.96 Å². The monoisotopic (exact) mass is 485 g/mol. The Morgan fingerprint density at radius 2 is 1.79 bits per heavy atom. The molecule has 0 saturated heterocycles. The maximum absolute atomic E-state index is 13.2. The topological polar surface area (TPSA) is 136 Å². The maximum atomic E-state index is 13.2. The predicted octanol–water partition coefficient (Wildman–Crippen LogP) is 3.19. The van der Waals surface area contributed by atoms with E-state index < -0.39 is 20.5 Å². The molecule has 0 spiro atoms. The number of rotatable bonds is 9. The molecular formula is C23H23FN4O5P+. The molecular weight excluding hydrogens is 462 g/mol. The summed E-state index contributed by atoms with van der Waals surface area (Å²) in [5.74, 6) is 0.175. The average molecular weight is 485 g/mol. The van der Waals surface area contributed by atoms with Gasteiger partial charge in [-0.05, 0) is 48.2 Å². The maximum Gasteiger partial charge on any atom is 0.472 e. The third-order valence-electron chi connectivity index (χ3n) is 5.15. The third kappa shape index (κ3) is 6.33. The Balaban J connectivity index is 1.40. The largest absolute Gasteiger partial charge is 0.472 e. The fraction of sp³-hybridized carbons (Fsp3) is 0.174. The summed E-state index contributed by atoms with van der Waals surface area (Å²) < 4.78 is 35.5. The average Bonchev–Trinajstić information content (AvgIpc) is 3.25. The lowest BCUT2D eigenvalue weighted by molar-refractivity contribution is -0.711. The number of nitrogens with two attached hydrogens (primary N) is 1. The first-order valence-electron chi connectivity index (χ1n) is 10.4. The molecule has 3 aromatic heterocycles. The smallest absolute Gasteiger partial charge is 0.356 e. The van der Waals surface area contributed by atoms with Crippen molar-refractivity contribution in [3.8, 4) is 11.3 Å². The van der Waals surface area contributed by atoms with Crippen LogP contribution in [0.15, 0.2) is 71.4 Å². The molecule has 0 unspecified atom stereocenters. The van der Waals surface area contributed by atoms with Gasteiger partial charge in [0.2, 0.25) is 12.7 Å². The van der Waals surface area contributed by atoms with Gasteiger partial charge in [-0.15, -0.1) is 0 Å². The number of nitrogen functional groups attached to an aromatic ring is 1. The van der Waals surface area contributed by atoms with Crippen molar-refractivity contribution in [1.29, 1.82) is 0 Å². The van der Waals surface area contributed by atoms with E-state index in [1.165, 1.54) is 16.8 Å². The van der Waals surface area contributed by atoms with Gasteiger partial charge in [-0.2, -0.15) is 4.39 Å². The lowest BCUT2D eigenvalue weighted by Crippen LogP contribution is -2.38. The number of benzene rings is 1. The van der Waals surface area contributed by atoms with Crippen LogP contribution in [-0.4, -0.2) is 19.9 Å². The van der Waals surface area contributed by atoms with Gasteiger partial charge in [0.1, 0.15) is 5.56 Å². The van der Waals surface area contributed by atoms with Crippen LogP contribution in [-0.2, 0) is 35.1 Å². The Labute approximate surface area is 194 Å². The van der Waals surface area contributed by atoms with Gasteiger partial charge in [0.25, 0.3) is 5.82 Å². The second kappa shape index (κ2) is 10.2. The molecule has 34 heavy (non-hydrogen) atoms. The van der Waals surface area contributed by atoms with Crippen molar-refractivity contribution >= 4 is 13.6 Å². The van der Waals surface area contributed by atoms with Crippen LogP contribution in [0, 0.1) is 5.95 Å². The van der Waals surface area contributed by atoms with Crippen molar-refractivity contribution < 1.29 is 32.4 Å². The van der Waals surface area contributed by atoms with Crippen molar-refractivity contribution in [3.63, 3.8) is 0 Å². The zero-order chi connectivity index (χ0) is 24.1. The number of halogens is 1. The summed E-state index contributed by atoms with van der Waals surface area (Å²) in [6.07, 6.45) is 3.49. The van der Waals surface area contributed by atoms with Crippen LogP contribution in [0.25, 0.3) is 11.3 Å². The predicted molar refractivity (Wildman–Crippen MR) is 121 cm³/mol. The van der Waals surface area contributed by atoms with E-state index in [0.29, 0.717) is 35.6 Å². The number of phosphoric ester groups is 1. The quantitative estimate of drug-likeness (QED) is 0.187. The number of hydrogen-bond donors (Lipinski definition) is 3. The van der Waals surface area contributed by atoms with Gasteiger partial charge >= 0.3 is 7.82 Å². The highest BCUT2D eigenvalue weighted by atomic mass is 31.2. The van der Waals surface area contributed by atoms with E-state index in [4.69, 9.17) is 20.0 Å². The summed E-state index contributed by atoms with van der Waals surface area (Å²) in [7, 11) is -4.63. The number of aryl methyl sites for hydroxylation is 2. The van der Waals surface area contributed by atoms with Crippen molar-refractivity contribution in [2.75, 3.05) is 5.73 Å². The van der Waals surface area contributed by atoms with Crippen molar-refractivity contribution in [1.82, 2.24) is 10.1 Å². The van der Waals surface area contributed by atoms with Gasteiger partial charge in [-0.3, -0.25) is 5.73 Å². The molecule has 0 aliphatic carbocycles. The van der Waals surface area contributed by atoms with Gasteiger partial charge in [0.05, 0.1) is 11.9 Å². The van der Waals surface area contributed by atoms with E-state index in [1.807, 2.05) is 30.3 Å². The van der Waals surface area contributed by atoms with E-state index in [0.717, 1.165) is 17.5 Å². The molecule has 0 aliphatic rings. The zero-order valence-corrected chi connectivity index (χ0v) is 18.9. The molecule has 0 bridgehead atoms. The second-order valence-corrected chi connectivity index (χ2v) is 8.89. The van der Waals surface area contributed by atoms with Gasteiger partial charge in [0.15, 0.2) is 5.76 Å². The van der Waals surface area contributed by atoms with Crippen LogP contribution in [0.5, 0.6) is 0 Å². The Hall–Kier alpha value is -3.43. The lowest BCUT2D eigenvalue weighted by atomic mass is 10.0. The molecule has 11 heteroatoms. The van der Waals surface area contributed by atoms with Gasteiger partial charge < -0.3 is 14.3 Å². The van der Waals surface area contributed by atoms with Gasteiger partial charge in [-0.1, -0.05) is 35.5 Å². The first kappa shape index (κ1) is 23.7.